The number of rotatable bonds is 9. The van der Waals surface area contributed by atoms with E-state index in [0.717, 1.165) is 32.4 Å². The van der Waals surface area contributed by atoms with E-state index in [0.29, 0.717) is 30.2 Å². The van der Waals surface area contributed by atoms with Gasteiger partial charge in [-0.05, 0) is 50.5 Å². The molecule has 118 valence electrons. The quantitative estimate of drug-likeness (QED) is 0.702. The van der Waals surface area contributed by atoms with E-state index in [1.165, 1.54) is 25.7 Å². The van der Waals surface area contributed by atoms with Crippen molar-refractivity contribution in [2.45, 2.75) is 78.2 Å². The summed E-state index contributed by atoms with van der Waals surface area (Å²) in [6.45, 7) is 8.36. The summed E-state index contributed by atoms with van der Waals surface area (Å²) in [6.07, 6.45) is 8.85. The van der Waals surface area contributed by atoms with E-state index in [2.05, 4.69) is 25.7 Å². The molecule has 1 aliphatic carbocycles. The minimum absolute atomic E-state index is 0.376. The molecule has 0 aromatic carbocycles. The maximum Gasteiger partial charge on any atom is 0.222 e. The van der Waals surface area contributed by atoms with E-state index in [1.54, 1.807) is 0 Å². The van der Waals surface area contributed by atoms with Crippen molar-refractivity contribution >= 4 is 5.91 Å². The van der Waals surface area contributed by atoms with Crippen molar-refractivity contribution in [1.82, 2.24) is 4.90 Å². The average molecular weight is 282 g/mol. The summed E-state index contributed by atoms with van der Waals surface area (Å²) in [5.41, 5.74) is 5.58. The molecule has 1 atom stereocenters. The summed E-state index contributed by atoms with van der Waals surface area (Å²) in [4.78, 5) is 14.7. The van der Waals surface area contributed by atoms with Crippen molar-refractivity contribution in [3.05, 3.63) is 0 Å². The normalized spacial score (nSPS) is 17.6. The molecule has 1 aliphatic rings. The third kappa shape index (κ3) is 6.25. The van der Waals surface area contributed by atoms with Crippen molar-refractivity contribution in [3.63, 3.8) is 0 Å². The van der Waals surface area contributed by atoms with Crippen LogP contribution in [0.15, 0.2) is 0 Å². The minimum atomic E-state index is 0.376. The predicted octanol–water partition coefficient (Wildman–Crippen LogP) is 3.57. The maximum atomic E-state index is 12.5. The lowest BCUT2D eigenvalue weighted by atomic mass is 10.0. The van der Waals surface area contributed by atoms with Crippen LogP contribution in [0.25, 0.3) is 0 Å². The summed E-state index contributed by atoms with van der Waals surface area (Å²) in [6, 6.07) is 0.520. The number of carbonyl (C=O) groups excluding carboxylic acids is 1. The van der Waals surface area contributed by atoms with Gasteiger partial charge < -0.3 is 10.6 Å². The van der Waals surface area contributed by atoms with Gasteiger partial charge >= 0.3 is 0 Å². The van der Waals surface area contributed by atoms with Crippen LogP contribution in [0.4, 0.5) is 0 Å². The molecule has 0 spiro atoms. The van der Waals surface area contributed by atoms with E-state index >= 15 is 0 Å². The fraction of sp³-hybridized carbons (Fsp3) is 0.941. The highest BCUT2D eigenvalue weighted by molar-refractivity contribution is 5.76. The molecule has 0 bridgehead atoms. The van der Waals surface area contributed by atoms with Gasteiger partial charge in [-0.25, -0.2) is 0 Å². The van der Waals surface area contributed by atoms with Gasteiger partial charge in [0, 0.05) is 19.0 Å². The Balaban J connectivity index is 2.45. The van der Waals surface area contributed by atoms with Gasteiger partial charge in [0.1, 0.15) is 0 Å². The Morgan fingerprint density at radius 1 is 1.15 bits per heavy atom. The van der Waals surface area contributed by atoms with Gasteiger partial charge in [-0.1, -0.05) is 33.6 Å². The SMILES string of the molecule is CC(C)CCN(C(=O)CCC(C)CCN)C1CCCC1. The third-order valence-corrected chi connectivity index (χ3v) is 4.54. The molecular weight excluding hydrogens is 248 g/mol. The number of nitrogens with two attached hydrogens (primary N) is 1. The van der Waals surface area contributed by atoms with E-state index < -0.39 is 0 Å². The van der Waals surface area contributed by atoms with E-state index in [4.69, 9.17) is 5.73 Å². The molecule has 0 aromatic heterocycles. The number of hydrogen-bond acceptors (Lipinski definition) is 2. The predicted molar refractivity (Wildman–Crippen MR) is 85.5 cm³/mol. The molecule has 0 aromatic rings. The van der Waals surface area contributed by atoms with Gasteiger partial charge in [-0.15, -0.1) is 0 Å². The first-order valence-electron chi connectivity index (χ1n) is 8.54. The van der Waals surface area contributed by atoms with Gasteiger partial charge in [0.15, 0.2) is 0 Å². The van der Waals surface area contributed by atoms with Gasteiger partial charge in [-0.3, -0.25) is 4.79 Å². The standard InChI is InChI=1S/C17H34N2O/c1-14(2)11-13-19(16-6-4-5-7-16)17(20)9-8-15(3)10-12-18/h14-16H,4-13,18H2,1-3H3. The Hall–Kier alpha value is -0.570. The van der Waals surface area contributed by atoms with Gasteiger partial charge in [0.2, 0.25) is 5.91 Å². The molecule has 1 rings (SSSR count). The topological polar surface area (TPSA) is 46.3 Å². The second kappa shape index (κ2) is 9.38. The second-order valence-electron chi connectivity index (χ2n) is 6.93. The van der Waals surface area contributed by atoms with Crippen LogP contribution in [-0.4, -0.2) is 29.9 Å². The first-order valence-corrected chi connectivity index (χ1v) is 8.54. The van der Waals surface area contributed by atoms with Crippen LogP contribution in [0.5, 0.6) is 0 Å². The zero-order valence-corrected chi connectivity index (χ0v) is 13.7. The molecule has 0 heterocycles. The van der Waals surface area contributed by atoms with Gasteiger partial charge in [0.05, 0.1) is 0 Å². The smallest absolute Gasteiger partial charge is 0.222 e. The first-order chi connectivity index (χ1) is 9.54. The maximum absolute atomic E-state index is 12.5. The van der Waals surface area contributed by atoms with Crippen LogP contribution in [0.3, 0.4) is 0 Å². The van der Waals surface area contributed by atoms with Crippen LogP contribution in [0.1, 0.15) is 72.1 Å². The monoisotopic (exact) mass is 282 g/mol. The Morgan fingerprint density at radius 2 is 1.80 bits per heavy atom. The molecule has 2 N–H and O–H groups in total. The molecule has 3 nitrogen and oxygen atoms in total. The fourth-order valence-corrected chi connectivity index (χ4v) is 3.07. The summed E-state index contributed by atoms with van der Waals surface area (Å²) in [7, 11) is 0. The molecule has 20 heavy (non-hydrogen) atoms. The molecule has 1 fully saturated rings. The van der Waals surface area contributed by atoms with Crippen LogP contribution < -0.4 is 5.73 Å². The summed E-state index contributed by atoms with van der Waals surface area (Å²) in [5, 5.41) is 0. The lowest BCUT2D eigenvalue weighted by Crippen LogP contribution is -2.40. The van der Waals surface area contributed by atoms with Crippen molar-refractivity contribution in [1.29, 1.82) is 0 Å². The highest BCUT2D eigenvalue weighted by Gasteiger charge is 2.26. The molecule has 0 aliphatic heterocycles. The summed E-state index contributed by atoms with van der Waals surface area (Å²) >= 11 is 0. The molecule has 0 saturated heterocycles. The van der Waals surface area contributed by atoms with Crippen molar-refractivity contribution in [2.24, 2.45) is 17.6 Å². The number of nitrogens with zero attached hydrogens (tertiary/aromatic N) is 1. The van der Waals surface area contributed by atoms with Crippen LogP contribution in [0.2, 0.25) is 0 Å². The highest BCUT2D eigenvalue weighted by Crippen LogP contribution is 2.25. The molecule has 1 unspecified atom stereocenters. The number of carbonyl (C=O) groups is 1. The van der Waals surface area contributed by atoms with E-state index in [-0.39, 0.29) is 0 Å². The lowest BCUT2D eigenvalue weighted by molar-refractivity contribution is -0.134. The zero-order valence-electron chi connectivity index (χ0n) is 13.7. The van der Waals surface area contributed by atoms with E-state index in [9.17, 15) is 4.79 Å². The Morgan fingerprint density at radius 3 is 2.35 bits per heavy atom. The van der Waals surface area contributed by atoms with Crippen LogP contribution in [-0.2, 0) is 4.79 Å². The molecule has 0 radical (unpaired) electrons. The average Bonchev–Trinajstić information content (AvgIpc) is 2.90. The molecule has 1 saturated carbocycles. The van der Waals surface area contributed by atoms with Gasteiger partial charge in [0.25, 0.3) is 0 Å². The lowest BCUT2D eigenvalue weighted by Gasteiger charge is -2.30. The zero-order chi connectivity index (χ0) is 15.0. The van der Waals surface area contributed by atoms with Crippen LogP contribution in [0, 0.1) is 11.8 Å². The van der Waals surface area contributed by atoms with E-state index in [1.807, 2.05) is 0 Å². The Bertz CT molecular complexity index is 272. The van der Waals surface area contributed by atoms with Crippen molar-refractivity contribution in [2.75, 3.05) is 13.1 Å². The molecule has 1 amide bonds. The summed E-state index contributed by atoms with van der Waals surface area (Å²) < 4.78 is 0. The second-order valence-corrected chi connectivity index (χ2v) is 6.93. The summed E-state index contributed by atoms with van der Waals surface area (Å²) in [5.74, 6) is 1.61. The first kappa shape index (κ1) is 17.5. The number of hydrogen-bond donors (Lipinski definition) is 1. The Labute approximate surface area is 125 Å². The van der Waals surface area contributed by atoms with Gasteiger partial charge in [-0.2, -0.15) is 0 Å². The van der Waals surface area contributed by atoms with Crippen LogP contribution >= 0.6 is 0 Å². The van der Waals surface area contributed by atoms with Crippen molar-refractivity contribution in [3.8, 4) is 0 Å². The van der Waals surface area contributed by atoms with Crippen molar-refractivity contribution < 1.29 is 4.79 Å². The molecule has 3 heteroatoms. The molecular formula is C17H34N2O. The largest absolute Gasteiger partial charge is 0.340 e. The third-order valence-electron chi connectivity index (χ3n) is 4.54. The minimum Gasteiger partial charge on any atom is -0.340 e. The highest BCUT2D eigenvalue weighted by atomic mass is 16.2. The fourth-order valence-electron chi connectivity index (χ4n) is 3.07. The Kier molecular flexibility index (Phi) is 8.20. The number of amides is 1.